The van der Waals surface area contributed by atoms with E-state index in [1.807, 2.05) is 0 Å². The van der Waals surface area contributed by atoms with Crippen LogP contribution in [0.5, 0.6) is 11.5 Å². The summed E-state index contributed by atoms with van der Waals surface area (Å²) < 4.78 is 0. The van der Waals surface area contributed by atoms with Crippen molar-refractivity contribution in [2.75, 3.05) is 11.1 Å². The first-order valence-corrected chi connectivity index (χ1v) is 5.53. The Kier molecular flexibility index (Phi) is 3.24. The number of nitrogen functional groups attached to an aromatic ring is 1. The molecule has 0 atom stereocenters. The molecule has 0 aliphatic rings. The summed E-state index contributed by atoms with van der Waals surface area (Å²) in [7, 11) is 0. The number of carbonyl (C=O) groups is 1. The van der Waals surface area contributed by atoms with Crippen molar-refractivity contribution in [1.29, 1.82) is 0 Å². The van der Waals surface area contributed by atoms with Gasteiger partial charge in [-0.3, -0.25) is 4.79 Å². The zero-order valence-corrected chi connectivity index (χ0v) is 10.2. The Morgan fingerprint density at radius 3 is 2.63 bits per heavy atom. The highest BCUT2D eigenvalue weighted by molar-refractivity contribution is 6.04. The Labute approximate surface area is 109 Å². The van der Waals surface area contributed by atoms with E-state index in [9.17, 15) is 15.0 Å². The first-order valence-electron chi connectivity index (χ1n) is 5.53. The van der Waals surface area contributed by atoms with Crippen LogP contribution in [-0.4, -0.2) is 21.1 Å². The quantitative estimate of drug-likeness (QED) is 0.613. The minimum absolute atomic E-state index is 0.214. The van der Waals surface area contributed by atoms with Gasteiger partial charge in [0.25, 0.3) is 5.91 Å². The summed E-state index contributed by atoms with van der Waals surface area (Å²) in [6, 6.07) is 5.46. The Morgan fingerprint density at radius 2 is 2.00 bits per heavy atom. The summed E-state index contributed by atoms with van der Waals surface area (Å²) in [6.07, 6.45) is 1.46. The molecule has 1 aromatic carbocycles. The summed E-state index contributed by atoms with van der Waals surface area (Å²) in [5, 5.41) is 21.1. The number of phenolic OH excluding ortho intramolecular Hbond substituents is 2. The van der Waals surface area contributed by atoms with Crippen LogP contribution in [0.1, 0.15) is 15.9 Å². The predicted octanol–water partition coefficient (Wildman–Crippen LogP) is 1.64. The molecule has 1 aromatic heterocycles. The van der Waals surface area contributed by atoms with Crippen molar-refractivity contribution in [3.8, 4) is 11.5 Å². The Morgan fingerprint density at radius 1 is 1.26 bits per heavy atom. The predicted molar refractivity (Wildman–Crippen MR) is 71.1 cm³/mol. The molecule has 0 saturated heterocycles. The molecule has 1 heterocycles. The number of carbonyl (C=O) groups excluding carboxylic acids is 1. The van der Waals surface area contributed by atoms with Gasteiger partial charge in [-0.2, -0.15) is 0 Å². The Balaban J connectivity index is 2.20. The Bertz CT molecular complexity index is 641. The number of nitrogens with one attached hydrogen (secondary N) is 1. The molecular weight excluding hydrogens is 246 g/mol. The number of anilines is 2. The van der Waals surface area contributed by atoms with Crippen LogP contribution in [0.3, 0.4) is 0 Å². The van der Waals surface area contributed by atoms with Gasteiger partial charge in [-0.25, -0.2) is 4.98 Å². The van der Waals surface area contributed by atoms with Crippen molar-refractivity contribution in [2.45, 2.75) is 6.92 Å². The van der Waals surface area contributed by atoms with Gasteiger partial charge in [0, 0.05) is 5.56 Å². The van der Waals surface area contributed by atoms with Crippen LogP contribution in [0.15, 0.2) is 30.5 Å². The van der Waals surface area contributed by atoms with Gasteiger partial charge in [0.1, 0.15) is 5.82 Å². The standard InChI is InChI=1S/C13H13N3O3/c1-7-4-12(15-6-9(7)14)16-13(19)8-2-3-10(17)11(18)5-8/h2-6,17-18H,14H2,1H3,(H,15,16,19). The largest absolute Gasteiger partial charge is 0.504 e. The van der Waals surface area contributed by atoms with Crippen LogP contribution < -0.4 is 11.1 Å². The van der Waals surface area contributed by atoms with Crippen molar-refractivity contribution in [3.63, 3.8) is 0 Å². The fraction of sp³-hybridized carbons (Fsp3) is 0.0769. The molecule has 98 valence electrons. The molecule has 5 N–H and O–H groups in total. The third-order valence-corrected chi connectivity index (χ3v) is 2.63. The molecular formula is C13H13N3O3. The first-order chi connectivity index (χ1) is 8.97. The summed E-state index contributed by atoms with van der Waals surface area (Å²) >= 11 is 0. The van der Waals surface area contributed by atoms with Gasteiger partial charge < -0.3 is 21.3 Å². The highest BCUT2D eigenvalue weighted by Gasteiger charge is 2.10. The van der Waals surface area contributed by atoms with Crippen molar-refractivity contribution in [1.82, 2.24) is 4.98 Å². The number of nitrogens with two attached hydrogens (primary N) is 1. The lowest BCUT2D eigenvalue weighted by molar-refractivity contribution is 0.102. The molecule has 2 aromatic rings. The number of aromatic nitrogens is 1. The molecule has 1 amide bonds. The van der Waals surface area contributed by atoms with Crippen LogP contribution in [0.2, 0.25) is 0 Å². The van der Waals surface area contributed by atoms with E-state index in [4.69, 9.17) is 5.73 Å². The maximum absolute atomic E-state index is 11.9. The molecule has 6 heteroatoms. The molecule has 0 saturated carbocycles. The number of amides is 1. The number of aryl methyl sites for hydroxylation is 1. The van der Waals surface area contributed by atoms with Crippen molar-refractivity contribution in [2.24, 2.45) is 0 Å². The number of pyridine rings is 1. The molecule has 2 rings (SSSR count). The second-order valence-electron chi connectivity index (χ2n) is 4.08. The number of nitrogens with zero attached hydrogens (tertiary/aromatic N) is 1. The van der Waals surface area contributed by atoms with Crippen molar-refractivity contribution >= 4 is 17.4 Å². The first kappa shape index (κ1) is 12.7. The van der Waals surface area contributed by atoms with Crippen LogP contribution in [0, 0.1) is 6.92 Å². The average Bonchev–Trinajstić information content (AvgIpc) is 2.37. The average molecular weight is 259 g/mol. The summed E-state index contributed by atoms with van der Waals surface area (Å²) in [4.78, 5) is 15.9. The molecule has 0 spiro atoms. The molecule has 0 unspecified atom stereocenters. The van der Waals surface area contributed by atoms with E-state index in [1.165, 1.54) is 24.4 Å². The third kappa shape index (κ3) is 2.74. The number of hydrogen-bond donors (Lipinski definition) is 4. The van der Waals surface area contributed by atoms with Gasteiger partial charge in [0.15, 0.2) is 11.5 Å². The molecule has 0 aliphatic heterocycles. The zero-order valence-electron chi connectivity index (χ0n) is 10.2. The van der Waals surface area contributed by atoms with E-state index in [2.05, 4.69) is 10.3 Å². The normalized spacial score (nSPS) is 10.2. The molecule has 19 heavy (non-hydrogen) atoms. The topological polar surface area (TPSA) is 108 Å². The lowest BCUT2D eigenvalue weighted by Gasteiger charge is -2.07. The zero-order chi connectivity index (χ0) is 14.0. The van der Waals surface area contributed by atoms with Crippen LogP contribution in [-0.2, 0) is 0 Å². The molecule has 6 nitrogen and oxygen atoms in total. The van der Waals surface area contributed by atoms with Gasteiger partial charge in [0.2, 0.25) is 0 Å². The summed E-state index contributed by atoms with van der Waals surface area (Å²) in [5.74, 6) is -0.705. The van der Waals surface area contributed by atoms with E-state index < -0.39 is 5.91 Å². The second-order valence-corrected chi connectivity index (χ2v) is 4.08. The Hall–Kier alpha value is -2.76. The highest BCUT2D eigenvalue weighted by Crippen LogP contribution is 2.25. The number of hydrogen-bond acceptors (Lipinski definition) is 5. The fourth-order valence-corrected chi connectivity index (χ4v) is 1.49. The molecule has 0 radical (unpaired) electrons. The van der Waals surface area contributed by atoms with E-state index in [0.29, 0.717) is 11.5 Å². The molecule has 0 fully saturated rings. The van der Waals surface area contributed by atoms with E-state index in [-0.39, 0.29) is 17.1 Å². The van der Waals surface area contributed by atoms with Crippen LogP contribution >= 0.6 is 0 Å². The number of phenols is 2. The monoisotopic (exact) mass is 259 g/mol. The van der Waals surface area contributed by atoms with Gasteiger partial charge in [0.05, 0.1) is 11.9 Å². The van der Waals surface area contributed by atoms with Crippen LogP contribution in [0.25, 0.3) is 0 Å². The van der Waals surface area contributed by atoms with Crippen molar-refractivity contribution < 1.29 is 15.0 Å². The van der Waals surface area contributed by atoms with E-state index in [1.54, 1.807) is 13.0 Å². The maximum Gasteiger partial charge on any atom is 0.256 e. The summed E-state index contributed by atoms with van der Waals surface area (Å²) in [6.45, 7) is 1.80. The van der Waals surface area contributed by atoms with E-state index in [0.717, 1.165) is 5.56 Å². The minimum Gasteiger partial charge on any atom is -0.504 e. The van der Waals surface area contributed by atoms with E-state index >= 15 is 0 Å². The molecule has 0 bridgehead atoms. The lowest BCUT2D eigenvalue weighted by Crippen LogP contribution is -2.13. The summed E-state index contributed by atoms with van der Waals surface area (Å²) in [5.41, 5.74) is 7.19. The van der Waals surface area contributed by atoms with Crippen molar-refractivity contribution in [3.05, 3.63) is 41.6 Å². The van der Waals surface area contributed by atoms with Gasteiger partial charge >= 0.3 is 0 Å². The van der Waals surface area contributed by atoms with Gasteiger partial charge in [-0.15, -0.1) is 0 Å². The molecule has 0 aliphatic carbocycles. The fourth-order valence-electron chi connectivity index (χ4n) is 1.49. The smallest absolute Gasteiger partial charge is 0.256 e. The lowest BCUT2D eigenvalue weighted by atomic mass is 10.2. The maximum atomic E-state index is 11.9. The number of benzene rings is 1. The minimum atomic E-state index is -0.438. The number of aromatic hydroxyl groups is 2. The van der Waals surface area contributed by atoms with Gasteiger partial charge in [-0.05, 0) is 36.8 Å². The second kappa shape index (κ2) is 4.85. The third-order valence-electron chi connectivity index (χ3n) is 2.63. The van der Waals surface area contributed by atoms with Gasteiger partial charge in [-0.1, -0.05) is 0 Å². The van der Waals surface area contributed by atoms with Crippen LogP contribution in [0.4, 0.5) is 11.5 Å². The number of rotatable bonds is 2. The highest BCUT2D eigenvalue weighted by atomic mass is 16.3. The SMILES string of the molecule is Cc1cc(NC(=O)c2ccc(O)c(O)c2)ncc1N.